The minimum atomic E-state index is -2.82. The van der Waals surface area contributed by atoms with E-state index in [1.54, 1.807) is 0 Å². The number of fused-ring (bicyclic) bond motifs is 3. The Morgan fingerprint density at radius 1 is 0.420 bits per heavy atom. The summed E-state index contributed by atoms with van der Waals surface area (Å²) < 4.78 is 2.17. The number of benzene rings is 7. The second-order valence-corrected chi connectivity index (χ2v) is 16.1. The first kappa shape index (κ1) is 30.4. The van der Waals surface area contributed by atoms with Crippen LogP contribution in [0.15, 0.2) is 170 Å². The lowest BCUT2D eigenvalue weighted by Crippen LogP contribution is -2.74. The molecule has 0 saturated carbocycles. The molecule has 232 valence electrons. The molecule has 0 saturated heterocycles. The lowest BCUT2D eigenvalue weighted by atomic mass is 10.00. The first-order chi connectivity index (χ1) is 24.6. The molecule has 0 N–H and O–H groups in total. The molecule has 0 amide bonds. The first-order valence-corrected chi connectivity index (χ1v) is 18.4. The Morgan fingerprint density at radius 2 is 0.940 bits per heavy atom. The summed E-state index contributed by atoms with van der Waals surface area (Å²) in [6, 6.07) is 65.3. The predicted octanol–water partition coefficient (Wildman–Crippen LogP) is 7.44. The fourth-order valence-corrected chi connectivity index (χ4v) is 12.2. The third-order valence-corrected chi connectivity index (χ3v) is 14.4. The molecule has 0 aliphatic carbocycles. The molecule has 8 rings (SSSR count). The summed E-state index contributed by atoms with van der Waals surface area (Å²) in [5, 5.41) is 36.6. The highest BCUT2D eigenvalue weighted by Crippen LogP contribution is 2.35. The van der Waals surface area contributed by atoms with Gasteiger partial charge in [-0.25, -0.2) is 0 Å². The molecule has 0 atom stereocenters. The van der Waals surface area contributed by atoms with Crippen LogP contribution in [0.2, 0.25) is 0 Å². The van der Waals surface area contributed by atoms with Crippen molar-refractivity contribution in [2.45, 2.75) is 0 Å². The quantitative estimate of drug-likeness (QED) is 0.138. The van der Waals surface area contributed by atoms with Crippen molar-refractivity contribution in [1.82, 2.24) is 4.57 Å². The monoisotopic (exact) mass is 652 g/mol. The van der Waals surface area contributed by atoms with E-state index in [-0.39, 0.29) is 0 Å². The Balaban J connectivity index is 1.38. The van der Waals surface area contributed by atoms with Crippen LogP contribution in [0.5, 0.6) is 0 Å². The van der Waals surface area contributed by atoms with Crippen molar-refractivity contribution < 1.29 is 0 Å². The SMILES string of the molecule is N#Cc1ccc2c(c1)c1cc(C#N)ccc1n2-c1cccc(-c2cc([Si](c3ccccc3)(c3ccccc3)c3ccccc3)ccc2C#N)c1. The molecule has 0 bridgehead atoms. The molecule has 7 aromatic carbocycles. The van der Waals surface area contributed by atoms with Gasteiger partial charge in [-0.15, -0.1) is 0 Å². The Kier molecular flexibility index (Phi) is 7.63. The zero-order valence-electron chi connectivity index (χ0n) is 27.0. The van der Waals surface area contributed by atoms with Crippen molar-refractivity contribution in [2.24, 2.45) is 0 Å². The van der Waals surface area contributed by atoms with E-state index in [0.29, 0.717) is 16.7 Å². The lowest BCUT2D eigenvalue weighted by molar-refractivity contribution is 1.18. The maximum absolute atomic E-state index is 10.5. The lowest BCUT2D eigenvalue weighted by Gasteiger charge is -2.34. The van der Waals surface area contributed by atoms with Crippen LogP contribution in [0.1, 0.15) is 16.7 Å². The zero-order valence-corrected chi connectivity index (χ0v) is 28.0. The third-order valence-electron chi connectivity index (χ3n) is 9.63. The summed E-state index contributed by atoms with van der Waals surface area (Å²) in [6.07, 6.45) is 0. The van der Waals surface area contributed by atoms with Crippen molar-refractivity contribution in [2.75, 3.05) is 0 Å². The average Bonchev–Trinajstić information content (AvgIpc) is 3.52. The van der Waals surface area contributed by atoms with Gasteiger partial charge >= 0.3 is 0 Å². The minimum Gasteiger partial charge on any atom is -0.309 e. The Hall–Kier alpha value is -6.97. The van der Waals surface area contributed by atoms with Crippen LogP contribution < -0.4 is 20.7 Å². The van der Waals surface area contributed by atoms with Crippen molar-refractivity contribution in [3.05, 3.63) is 187 Å². The maximum atomic E-state index is 10.5. The van der Waals surface area contributed by atoms with Crippen molar-refractivity contribution in [3.63, 3.8) is 0 Å². The van der Waals surface area contributed by atoms with E-state index in [4.69, 9.17) is 0 Å². The van der Waals surface area contributed by atoms with Gasteiger partial charge in [0, 0.05) is 16.5 Å². The molecule has 5 heteroatoms. The largest absolute Gasteiger partial charge is 0.309 e. The van der Waals surface area contributed by atoms with Gasteiger partial charge in [-0.2, -0.15) is 15.8 Å². The summed E-state index contributed by atoms with van der Waals surface area (Å²) >= 11 is 0. The van der Waals surface area contributed by atoms with Gasteiger partial charge in [0.2, 0.25) is 0 Å². The fraction of sp³-hybridized carbons (Fsp3) is 0. The number of rotatable bonds is 6. The molecule has 1 aromatic heterocycles. The van der Waals surface area contributed by atoms with E-state index in [2.05, 4.69) is 144 Å². The van der Waals surface area contributed by atoms with E-state index in [9.17, 15) is 15.8 Å². The topological polar surface area (TPSA) is 76.3 Å². The summed E-state index contributed by atoms with van der Waals surface area (Å²) in [5.74, 6) is 0. The normalized spacial score (nSPS) is 11.1. The van der Waals surface area contributed by atoms with Crippen LogP contribution in [0.25, 0.3) is 38.6 Å². The van der Waals surface area contributed by atoms with Gasteiger partial charge in [0.1, 0.15) is 0 Å². The molecular formula is C45H28N4Si. The highest BCUT2D eigenvalue weighted by atomic mass is 28.3. The summed E-state index contributed by atoms with van der Waals surface area (Å²) in [4.78, 5) is 0. The van der Waals surface area contributed by atoms with Gasteiger partial charge in [-0.3, -0.25) is 0 Å². The van der Waals surface area contributed by atoms with Crippen LogP contribution in [-0.2, 0) is 0 Å². The highest BCUT2D eigenvalue weighted by Gasteiger charge is 2.41. The maximum Gasteiger partial charge on any atom is 0.179 e. The molecule has 1 heterocycles. The van der Waals surface area contributed by atoms with Crippen molar-refractivity contribution >= 4 is 50.6 Å². The summed E-state index contributed by atoms with van der Waals surface area (Å²) in [6.45, 7) is 0. The highest BCUT2D eigenvalue weighted by molar-refractivity contribution is 7.19. The molecule has 8 aromatic rings. The zero-order chi connectivity index (χ0) is 34.1. The summed E-state index contributed by atoms with van der Waals surface area (Å²) in [7, 11) is -2.82. The van der Waals surface area contributed by atoms with E-state index < -0.39 is 8.07 Å². The van der Waals surface area contributed by atoms with Crippen molar-refractivity contribution in [1.29, 1.82) is 15.8 Å². The van der Waals surface area contributed by atoms with Gasteiger partial charge in [0.05, 0.1) is 45.9 Å². The van der Waals surface area contributed by atoms with Crippen LogP contribution >= 0.6 is 0 Å². The van der Waals surface area contributed by atoms with Gasteiger partial charge < -0.3 is 4.57 Å². The molecule has 4 nitrogen and oxygen atoms in total. The molecule has 0 radical (unpaired) electrons. The van der Waals surface area contributed by atoms with E-state index in [1.807, 2.05) is 48.5 Å². The van der Waals surface area contributed by atoms with Crippen molar-refractivity contribution in [3.8, 4) is 35.0 Å². The smallest absolute Gasteiger partial charge is 0.179 e. The number of nitriles is 3. The van der Waals surface area contributed by atoms with Gasteiger partial charge in [0.15, 0.2) is 8.07 Å². The number of hydrogen-bond acceptors (Lipinski definition) is 3. The Bertz CT molecular complexity index is 2510. The molecule has 50 heavy (non-hydrogen) atoms. The molecular weight excluding hydrogens is 625 g/mol. The number of hydrogen-bond donors (Lipinski definition) is 0. The standard InChI is InChI=1S/C45H28N4Si/c46-29-32-19-23-44-42(25-32)43-26-33(30-47)20-24-45(43)49(44)36-12-10-11-34(27-36)41-28-40(22-21-35(41)31-48)50(37-13-4-1-5-14-37,38-15-6-2-7-16-38)39-17-8-3-9-18-39/h1-28H. The molecule has 0 aliphatic heterocycles. The van der Waals surface area contributed by atoms with E-state index >= 15 is 0 Å². The second-order valence-electron chi connectivity index (χ2n) is 12.3. The Labute approximate surface area is 291 Å². The molecule has 0 aliphatic rings. The van der Waals surface area contributed by atoms with E-state index in [0.717, 1.165) is 38.6 Å². The minimum absolute atomic E-state index is 0.561. The van der Waals surface area contributed by atoms with Gasteiger partial charge in [-0.1, -0.05) is 115 Å². The fourth-order valence-electron chi connectivity index (χ4n) is 7.43. The predicted molar refractivity (Wildman–Crippen MR) is 204 cm³/mol. The van der Waals surface area contributed by atoms with E-state index in [1.165, 1.54) is 20.7 Å². The molecule has 0 fully saturated rings. The van der Waals surface area contributed by atoms with Crippen LogP contribution in [0, 0.1) is 34.0 Å². The first-order valence-electron chi connectivity index (χ1n) is 16.4. The average molecular weight is 653 g/mol. The van der Waals surface area contributed by atoms with Crippen LogP contribution in [-0.4, -0.2) is 12.6 Å². The summed E-state index contributed by atoms with van der Waals surface area (Å²) in [5.41, 5.74) is 6.30. The van der Waals surface area contributed by atoms with Gasteiger partial charge in [-0.05, 0) is 86.5 Å². The van der Waals surface area contributed by atoms with Gasteiger partial charge in [0.25, 0.3) is 0 Å². The molecule has 0 unspecified atom stereocenters. The van der Waals surface area contributed by atoms with Crippen LogP contribution in [0.3, 0.4) is 0 Å². The number of nitrogens with zero attached hydrogens (tertiary/aromatic N) is 4. The second kappa shape index (κ2) is 12.6. The van der Waals surface area contributed by atoms with Crippen LogP contribution in [0.4, 0.5) is 0 Å². The number of aromatic nitrogens is 1. The Morgan fingerprint density at radius 3 is 1.42 bits per heavy atom. The molecule has 0 spiro atoms. The third kappa shape index (κ3) is 4.88.